The smallest absolute Gasteiger partial charge is 0.339 e. The molecule has 26 heavy (non-hydrogen) atoms. The minimum Gasteiger partial charge on any atom is -0.454 e. The summed E-state index contributed by atoms with van der Waals surface area (Å²) in [5.41, 5.74) is 0.956. The van der Waals surface area contributed by atoms with Gasteiger partial charge in [-0.05, 0) is 36.4 Å². The molecule has 0 aliphatic heterocycles. The van der Waals surface area contributed by atoms with E-state index in [1.807, 2.05) is 42.5 Å². The van der Waals surface area contributed by atoms with Crippen molar-refractivity contribution in [2.45, 2.75) is 9.79 Å². The highest BCUT2D eigenvalue weighted by atomic mass is 79.9. The fourth-order valence-corrected chi connectivity index (χ4v) is 3.49. The van der Waals surface area contributed by atoms with E-state index in [1.54, 1.807) is 36.4 Å². The lowest BCUT2D eigenvalue weighted by Gasteiger charge is -2.09. The van der Waals surface area contributed by atoms with Gasteiger partial charge in [-0.25, -0.2) is 4.79 Å². The van der Waals surface area contributed by atoms with Gasteiger partial charge < -0.3 is 4.74 Å². The molecule has 0 aliphatic rings. The van der Waals surface area contributed by atoms with Gasteiger partial charge in [0.1, 0.15) is 0 Å². The molecule has 0 saturated carbocycles. The van der Waals surface area contributed by atoms with E-state index in [0.29, 0.717) is 11.1 Å². The van der Waals surface area contributed by atoms with E-state index in [9.17, 15) is 9.59 Å². The zero-order valence-corrected chi connectivity index (χ0v) is 16.1. The highest BCUT2D eigenvalue weighted by molar-refractivity contribution is 9.10. The van der Waals surface area contributed by atoms with E-state index < -0.39 is 5.97 Å². The summed E-state index contributed by atoms with van der Waals surface area (Å²) in [4.78, 5) is 26.4. The molecular formula is C21H15BrO3S. The van der Waals surface area contributed by atoms with Gasteiger partial charge in [0.25, 0.3) is 0 Å². The van der Waals surface area contributed by atoms with Crippen molar-refractivity contribution >= 4 is 39.4 Å². The van der Waals surface area contributed by atoms with E-state index in [1.165, 1.54) is 11.8 Å². The summed E-state index contributed by atoms with van der Waals surface area (Å²) in [6.45, 7) is -0.287. The Morgan fingerprint density at radius 1 is 0.846 bits per heavy atom. The Balaban J connectivity index is 1.68. The van der Waals surface area contributed by atoms with Crippen LogP contribution in [0.2, 0.25) is 0 Å². The van der Waals surface area contributed by atoms with Crippen LogP contribution in [0.15, 0.2) is 93.1 Å². The van der Waals surface area contributed by atoms with Gasteiger partial charge in [-0.1, -0.05) is 70.2 Å². The van der Waals surface area contributed by atoms with Gasteiger partial charge in [0, 0.05) is 19.8 Å². The molecular weight excluding hydrogens is 412 g/mol. The number of esters is 1. The maximum atomic E-state index is 12.5. The molecule has 0 fully saturated rings. The van der Waals surface area contributed by atoms with Gasteiger partial charge in [-0.15, -0.1) is 0 Å². The van der Waals surface area contributed by atoms with Crippen LogP contribution in [-0.2, 0) is 4.74 Å². The summed E-state index contributed by atoms with van der Waals surface area (Å²) in [5, 5.41) is 0. The molecule has 0 saturated heterocycles. The lowest BCUT2D eigenvalue weighted by molar-refractivity contribution is 0.0471. The van der Waals surface area contributed by atoms with Crippen molar-refractivity contribution in [3.8, 4) is 0 Å². The minimum atomic E-state index is -0.505. The zero-order chi connectivity index (χ0) is 18.4. The Labute approximate surface area is 164 Å². The molecule has 130 valence electrons. The third-order valence-electron chi connectivity index (χ3n) is 3.58. The van der Waals surface area contributed by atoms with Crippen LogP contribution in [-0.4, -0.2) is 18.4 Å². The molecule has 3 aromatic rings. The first-order chi connectivity index (χ1) is 12.6. The monoisotopic (exact) mass is 426 g/mol. The SMILES string of the molecule is O=C(COC(=O)c1ccccc1Sc1ccccc1)c1ccc(Br)cc1. The number of carbonyl (C=O) groups is 2. The van der Waals surface area contributed by atoms with Gasteiger partial charge >= 0.3 is 5.97 Å². The lowest BCUT2D eigenvalue weighted by atomic mass is 10.1. The van der Waals surface area contributed by atoms with Crippen molar-refractivity contribution in [1.29, 1.82) is 0 Å². The first-order valence-corrected chi connectivity index (χ1v) is 9.52. The number of carbonyl (C=O) groups excluding carboxylic acids is 2. The standard InChI is InChI=1S/C21H15BrO3S/c22-16-12-10-15(11-13-16)19(23)14-25-21(24)18-8-4-5-9-20(18)26-17-6-2-1-3-7-17/h1-13H,14H2. The largest absolute Gasteiger partial charge is 0.454 e. The van der Waals surface area contributed by atoms with Crippen LogP contribution in [0, 0.1) is 0 Å². The van der Waals surface area contributed by atoms with Crippen molar-refractivity contribution in [3.63, 3.8) is 0 Å². The lowest BCUT2D eigenvalue weighted by Crippen LogP contribution is -2.14. The van der Waals surface area contributed by atoms with Gasteiger partial charge in [-0.2, -0.15) is 0 Å². The van der Waals surface area contributed by atoms with E-state index in [4.69, 9.17) is 4.74 Å². The Hall–Kier alpha value is -2.37. The number of benzene rings is 3. The molecule has 0 bridgehead atoms. The van der Waals surface area contributed by atoms with Crippen LogP contribution in [0.5, 0.6) is 0 Å². The molecule has 3 aromatic carbocycles. The van der Waals surface area contributed by atoms with E-state index >= 15 is 0 Å². The molecule has 0 unspecified atom stereocenters. The fourth-order valence-electron chi connectivity index (χ4n) is 2.27. The first kappa shape index (κ1) is 18.4. The summed E-state index contributed by atoms with van der Waals surface area (Å²) < 4.78 is 6.13. The first-order valence-electron chi connectivity index (χ1n) is 7.91. The minimum absolute atomic E-state index is 0.237. The maximum Gasteiger partial charge on any atom is 0.339 e. The Bertz CT molecular complexity index is 908. The summed E-state index contributed by atoms with van der Waals surface area (Å²) >= 11 is 4.81. The van der Waals surface area contributed by atoms with Crippen LogP contribution in [0.3, 0.4) is 0 Å². The molecule has 0 amide bonds. The third-order valence-corrected chi connectivity index (χ3v) is 5.19. The second kappa shape index (κ2) is 8.83. The highest BCUT2D eigenvalue weighted by Crippen LogP contribution is 2.30. The van der Waals surface area contributed by atoms with Crippen molar-refractivity contribution in [2.75, 3.05) is 6.61 Å². The topological polar surface area (TPSA) is 43.4 Å². The van der Waals surface area contributed by atoms with Crippen LogP contribution in [0.1, 0.15) is 20.7 Å². The quantitative estimate of drug-likeness (QED) is 0.377. The number of halogens is 1. The van der Waals surface area contributed by atoms with Crippen molar-refractivity contribution in [1.82, 2.24) is 0 Å². The van der Waals surface area contributed by atoms with Crippen LogP contribution in [0.25, 0.3) is 0 Å². The Kier molecular flexibility index (Phi) is 6.26. The summed E-state index contributed by atoms with van der Waals surface area (Å²) in [6, 6.07) is 24.0. The summed E-state index contributed by atoms with van der Waals surface area (Å²) in [7, 11) is 0. The van der Waals surface area contributed by atoms with Crippen LogP contribution in [0.4, 0.5) is 0 Å². The van der Waals surface area contributed by atoms with E-state index in [0.717, 1.165) is 14.3 Å². The molecule has 0 N–H and O–H groups in total. The second-order valence-corrected chi connectivity index (χ2v) is 7.45. The molecule has 0 spiro atoms. The van der Waals surface area contributed by atoms with Crippen molar-refractivity contribution in [3.05, 3.63) is 94.5 Å². The summed E-state index contributed by atoms with van der Waals surface area (Å²) in [5.74, 6) is -0.742. The zero-order valence-electron chi connectivity index (χ0n) is 13.7. The number of Topliss-reactive ketones (excluding diaryl/α,β-unsaturated/α-hetero) is 1. The predicted octanol–water partition coefficient (Wildman–Crippen LogP) is 5.64. The van der Waals surface area contributed by atoms with Crippen LogP contribution < -0.4 is 0 Å². The summed E-state index contributed by atoms with van der Waals surface area (Å²) in [6.07, 6.45) is 0. The number of ketones is 1. The number of ether oxygens (including phenoxy) is 1. The van der Waals surface area contributed by atoms with Crippen LogP contribution >= 0.6 is 27.7 Å². The predicted molar refractivity (Wildman–Crippen MR) is 106 cm³/mol. The average Bonchev–Trinajstić information content (AvgIpc) is 2.67. The van der Waals surface area contributed by atoms with Gasteiger partial charge in [-0.3, -0.25) is 4.79 Å². The van der Waals surface area contributed by atoms with E-state index in [-0.39, 0.29) is 12.4 Å². The van der Waals surface area contributed by atoms with Gasteiger partial charge in [0.2, 0.25) is 0 Å². The second-order valence-electron chi connectivity index (χ2n) is 5.42. The number of hydrogen-bond donors (Lipinski definition) is 0. The normalized spacial score (nSPS) is 10.3. The fraction of sp³-hybridized carbons (Fsp3) is 0.0476. The Morgan fingerprint density at radius 2 is 1.50 bits per heavy atom. The van der Waals surface area contributed by atoms with Gasteiger partial charge in [0.05, 0.1) is 5.56 Å². The van der Waals surface area contributed by atoms with E-state index in [2.05, 4.69) is 15.9 Å². The maximum absolute atomic E-state index is 12.5. The van der Waals surface area contributed by atoms with Crippen molar-refractivity contribution in [2.24, 2.45) is 0 Å². The third kappa shape index (κ3) is 4.84. The number of hydrogen-bond acceptors (Lipinski definition) is 4. The average molecular weight is 427 g/mol. The Morgan fingerprint density at radius 3 is 2.23 bits per heavy atom. The van der Waals surface area contributed by atoms with Crippen molar-refractivity contribution < 1.29 is 14.3 Å². The molecule has 0 heterocycles. The molecule has 0 radical (unpaired) electrons. The molecule has 3 rings (SSSR count). The van der Waals surface area contributed by atoms with Gasteiger partial charge in [0.15, 0.2) is 12.4 Å². The molecule has 0 aliphatic carbocycles. The highest BCUT2D eigenvalue weighted by Gasteiger charge is 2.15. The molecule has 0 atom stereocenters. The number of rotatable bonds is 6. The molecule has 3 nitrogen and oxygen atoms in total. The molecule has 0 aromatic heterocycles. The molecule has 5 heteroatoms.